The van der Waals surface area contributed by atoms with E-state index in [0.717, 1.165) is 268 Å². The zero-order valence-electron chi connectivity index (χ0n) is 97.0. The van der Waals surface area contributed by atoms with Gasteiger partial charge >= 0.3 is 59.7 Å². The number of rotatable bonds is 35. The van der Waals surface area contributed by atoms with E-state index in [2.05, 4.69) is 62.3 Å². The number of ether oxygens (including phenoxy) is 11. The van der Waals surface area contributed by atoms with E-state index in [0.29, 0.717) is 65.8 Å². The third-order valence-electron chi connectivity index (χ3n) is 43.2. The summed E-state index contributed by atoms with van der Waals surface area (Å²) in [5.41, 5.74) is -8.50. The van der Waals surface area contributed by atoms with Crippen molar-refractivity contribution in [3.05, 3.63) is 0 Å². The maximum absolute atomic E-state index is 13.9. The van der Waals surface area contributed by atoms with Crippen LogP contribution < -0.4 is 0 Å². The summed E-state index contributed by atoms with van der Waals surface area (Å²) in [6, 6.07) is 0. The van der Waals surface area contributed by atoms with Gasteiger partial charge in [-0.2, -0.15) is 0 Å². The summed E-state index contributed by atoms with van der Waals surface area (Å²) >= 11 is 0. The van der Waals surface area contributed by atoms with Gasteiger partial charge in [0.2, 0.25) is 0 Å². The Morgan fingerprint density at radius 1 is 0.290 bits per heavy atom. The smallest absolute Gasteiger partial charge is 0.312 e. The predicted molar refractivity (Wildman–Crippen MR) is 564 cm³/mol. The fourth-order valence-electron chi connectivity index (χ4n) is 32.4. The molecule has 0 aromatic heterocycles. The van der Waals surface area contributed by atoms with Crippen molar-refractivity contribution >= 4 is 59.7 Å². The van der Waals surface area contributed by atoms with Gasteiger partial charge in [0.25, 0.3) is 0 Å². The molecule has 21 nitrogen and oxygen atoms in total. The zero-order valence-corrected chi connectivity index (χ0v) is 97.0. The van der Waals surface area contributed by atoms with Crippen molar-refractivity contribution in [2.75, 3.05) is 13.2 Å². The second kappa shape index (κ2) is 42.8. The Bertz CT molecular complexity index is 4470. The topological polar surface area (TPSA) is 272 Å². The first kappa shape index (κ1) is 117. The molecule has 0 spiro atoms. The predicted octanol–water partition coefficient (Wildman–Crippen LogP) is 28.8. The van der Waals surface area contributed by atoms with Crippen molar-refractivity contribution in [2.24, 2.45) is 137 Å². The molecule has 22 rings (SSSR count). The van der Waals surface area contributed by atoms with E-state index in [1.807, 2.05) is 145 Å². The first-order valence-electron chi connectivity index (χ1n) is 59.1. The highest BCUT2D eigenvalue weighted by atomic mass is 16.6. The average molecular weight is 2030 g/mol. The largest absolute Gasteiger partial charge is 0.463 e. The van der Waals surface area contributed by atoms with Crippen LogP contribution in [0.2, 0.25) is 0 Å². The molecule has 22 aliphatic carbocycles. The highest BCUT2D eigenvalue weighted by Gasteiger charge is 2.71. The lowest BCUT2D eigenvalue weighted by Crippen LogP contribution is -2.63. The summed E-state index contributed by atoms with van der Waals surface area (Å²) in [5.74, 6) is 6.49. The molecule has 6 atom stereocenters. The maximum atomic E-state index is 13.9. The fourth-order valence-corrected chi connectivity index (χ4v) is 32.4. The normalized spacial score (nSPS) is 35.5. The SMILES string of the molecule is CCC(C)(C)C(=O)OC1(CC(=O)OC(C)(C)C)C2CC3CC(C2)CC1C3.CCC(C)(C)C(=O)OC1(CC(=O)OC2(C)CCCC2)C2CC3CC(C2)CC1C3.CCC(C)(C)OC(=O)C12CC3CC(C1)CC(C(C)(C)OC(=O)C(C)(C)CC)(C3)C2.CCC(C)(CC)OC(=O)C12CC3CC(CC(OCCOC(=O)C(C)(C)CC)(C3)C1)C2.CCC1(OC(=O)C23CC4CC(C2)CC(C(C)(C)OC(=O)C(C)(C)CC)(C4)C3)CCCCC1. The Labute approximate surface area is 876 Å². The van der Waals surface area contributed by atoms with Crippen molar-refractivity contribution in [1.82, 2.24) is 0 Å². The molecule has 22 aliphatic rings. The Morgan fingerprint density at radius 2 is 0.621 bits per heavy atom. The van der Waals surface area contributed by atoms with Gasteiger partial charge in [0, 0.05) is 34.5 Å². The summed E-state index contributed by atoms with van der Waals surface area (Å²) in [5, 5.41) is 0. The van der Waals surface area contributed by atoms with Crippen LogP contribution in [0.4, 0.5) is 0 Å². The lowest BCUT2D eigenvalue weighted by molar-refractivity contribution is -0.231. The number of hydrogen-bond acceptors (Lipinski definition) is 21. The minimum absolute atomic E-state index is 0.00750. The Kier molecular flexibility index (Phi) is 34.5. The van der Waals surface area contributed by atoms with Gasteiger partial charge in [-0.1, -0.05) is 68.7 Å². The zero-order chi connectivity index (χ0) is 107. The van der Waals surface area contributed by atoms with Crippen LogP contribution in [-0.4, -0.2) is 129 Å². The molecule has 0 radical (unpaired) electrons. The molecular weight excluding hydrogens is 1830 g/mol. The third-order valence-corrected chi connectivity index (χ3v) is 43.2. The number of hydrogen-bond donors (Lipinski definition) is 0. The van der Waals surface area contributed by atoms with E-state index in [1.165, 1.54) is 51.4 Å². The summed E-state index contributed by atoms with van der Waals surface area (Å²) < 4.78 is 67.4. The van der Waals surface area contributed by atoms with E-state index in [-0.39, 0.29) is 118 Å². The molecule has 0 N–H and O–H groups in total. The van der Waals surface area contributed by atoms with Gasteiger partial charge in [0.15, 0.2) is 0 Å². The number of carbonyl (C=O) groups is 10. The van der Waals surface area contributed by atoms with Crippen LogP contribution in [-0.2, 0) is 100 Å². The van der Waals surface area contributed by atoms with E-state index >= 15 is 0 Å². The van der Waals surface area contributed by atoms with E-state index in [1.54, 1.807) is 0 Å². The van der Waals surface area contributed by atoms with Gasteiger partial charge in [-0.05, 0) is 494 Å². The molecule has 826 valence electrons. The molecule has 0 saturated heterocycles. The van der Waals surface area contributed by atoms with Crippen LogP contribution in [0.25, 0.3) is 0 Å². The molecule has 22 saturated carbocycles. The van der Waals surface area contributed by atoms with E-state index in [4.69, 9.17) is 52.1 Å². The molecule has 6 unspecified atom stereocenters. The molecule has 20 bridgehead atoms. The molecule has 21 heteroatoms. The summed E-state index contributed by atoms with van der Waals surface area (Å²) in [7, 11) is 0. The highest BCUT2D eigenvalue weighted by molar-refractivity contribution is 5.82. The molecular formula is C124H204O21. The second-order valence-electron chi connectivity index (χ2n) is 58.3. The van der Waals surface area contributed by atoms with Crippen LogP contribution in [0.15, 0.2) is 0 Å². The van der Waals surface area contributed by atoms with Gasteiger partial charge < -0.3 is 52.1 Å². The van der Waals surface area contributed by atoms with Gasteiger partial charge in [-0.15, -0.1) is 0 Å². The molecule has 0 heterocycles. The Morgan fingerprint density at radius 3 is 0.979 bits per heavy atom. The van der Waals surface area contributed by atoms with E-state index < -0.39 is 71.5 Å². The molecule has 0 amide bonds. The van der Waals surface area contributed by atoms with Crippen LogP contribution in [0.1, 0.15) is 516 Å². The highest BCUT2D eigenvalue weighted by Crippen LogP contribution is 2.73. The average Bonchev–Trinajstić information content (AvgIpc) is 0.811. The summed E-state index contributed by atoms with van der Waals surface area (Å²) in [6.45, 7) is 60.8. The van der Waals surface area contributed by atoms with Crippen molar-refractivity contribution in [3.63, 3.8) is 0 Å². The standard InChI is InChI=1S/C28H46O4.C25H42O5.C25H42O4.C24H38O4.C22H36O4/c1-7-24(3,4)22(29)31-25(5,6)27-17-20-14-21(18-27)16-26(15-20,19-27)23(30)32-28(8-2)12-10-9-11-13-28;1-7-22(4,5)20(26)28-10-11-29-25-15-18-12-19(16-25)14-24(13-18,17-25)21(27)30-23(6,8-2)9-3;1-9-21(3,4)19(26)29-23(7,8)25-14-17-11-18(15-25)13-24(12-17,16-25)20(27)28-22(5,6)10-2;1-5-22(2,3)21(26)28-24(15-20(25)27-23(4)8-6-7-9-23)18-11-16-10-17(13-18)14-19(24)12-16;1-7-21(5,6)19(24)26-22(13-18(23)25-20(2,3)4)16-9-14-8-15(11-16)12-17(22)10-14/h20-21H,7-19H2,1-6H3;18-19H,7-17H2,1-6H3;17-18H,9-16H2,1-8H3;16-19H,5-15H2,1-4H3;14-17H,7-13H2,1-6H3. The summed E-state index contributed by atoms with van der Waals surface area (Å²) in [6.07, 6.45) is 46.8. The third kappa shape index (κ3) is 24.7. The lowest BCUT2D eigenvalue weighted by Gasteiger charge is -2.65. The van der Waals surface area contributed by atoms with Crippen molar-refractivity contribution < 1.29 is 100 Å². The molecule has 22 fully saturated rings. The van der Waals surface area contributed by atoms with Gasteiger partial charge in [0.05, 0.1) is 68.4 Å². The van der Waals surface area contributed by atoms with Gasteiger partial charge in [-0.25, -0.2) is 0 Å². The minimum atomic E-state index is -0.653. The van der Waals surface area contributed by atoms with Gasteiger partial charge in [-0.3, -0.25) is 47.9 Å². The minimum Gasteiger partial charge on any atom is -0.463 e. The van der Waals surface area contributed by atoms with Gasteiger partial charge in [0.1, 0.15) is 57.0 Å². The lowest BCUT2D eigenvalue weighted by atomic mass is 9.41. The number of esters is 10. The van der Waals surface area contributed by atoms with Crippen molar-refractivity contribution in [2.45, 2.75) is 572 Å². The second-order valence-corrected chi connectivity index (χ2v) is 58.3. The first-order valence-corrected chi connectivity index (χ1v) is 59.1. The molecule has 0 aromatic rings. The quantitative estimate of drug-likeness (QED) is 0.0324. The van der Waals surface area contributed by atoms with Crippen LogP contribution in [0.5, 0.6) is 0 Å². The molecule has 0 aromatic carbocycles. The molecule has 145 heavy (non-hydrogen) atoms. The van der Waals surface area contributed by atoms with Crippen molar-refractivity contribution in [1.29, 1.82) is 0 Å². The monoisotopic (exact) mass is 2030 g/mol. The fraction of sp³-hybridized carbons (Fsp3) is 0.919. The van der Waals surface area contributed by atoms with Crippen LogP contribution in [0, 0.1) is 137 Å². The van der Waals surface area contributed by atoms with Crippen molar-refractivity contribution in [3.8, 4) is 0 Å². The van der Waals surface area contributed by atoms with Crippen LogP contribution in [0.3, 0.4) is 0 Å². The first-order chi connectivity index (χ1) is 67.2. The Balaban J connectivity index is 0.000000152. The Hall–Kier alpha value is -5.34. The molecule has 0 aliphatic heterocycles. The van der Waals surface area contributed by atoms with E-state index in [9.17, 15) is 47.9 Å². The van der Waals surface area contributed by atoms with Crippen LogP contribution >= 0.6 is 0 Å². The summed E-state index contributed by atoms with van der Waals surface area (Å²) in [4.78, 5) is 131. The number of carbonyl (C=O) groups excluding carboxylic acids is 10. The maximum Gasteiger partial charge on any atom is 0.312 e.